The van der Waals surface area contributed by atoms with Gasteiger partial charge in [0.15, 0.2) is 15.8 Å². The van der Waals surface area contributed by atoms with Crippen LogP contribution in [0.4, 0.5) is 5.13 Å². The number of nitrogens with zero attached hydrogens (tertiary/aromatic N) is 4. The van der Waals surface area contributed by atoms with Crippen molar-refractivity contribution in [3.05, 3.63) is 29.3 Å². The van der Waals surface area contributed by atoms with Gasteiger partial charge in [0.25, 0.3) is 0 Å². The van der Waals surface area contributed by atoms with Crippen LogP contribution in [0.5, 0.6) is 11.5 Å². The molecule has 1 saturated carbocycles. The Balaban J connectivity index is 1.42. The largest absolute Gasteiger partial charge is 0.493 e. The number of ether oxygens (including phenoxy) is 2. The molecule has 0 atom stereocenters. The zero-order valence-corrected chi connectivity index (χ0v) is 19.4. The zero-order chi connectivity index (χ0) is 21.1. The van der Waals surface area contributed by atoms with E-state index in [1.165, 1.54) is 11.3 Å². The van der Waals surface area contributed by atoms with Crippen molar-refractivity contribution in [2.75, 3.05) is 19.1 Å². The van der Waals surface area contributed by atoms with Crippen molar-refractivity contribution >= 4 is 45.5 Å². The maximum absolute atomic E-state index is 12.2. The van der Waals surface area contributed by atoms with Gasteiger partial charge in [-0.05, 0) is 31.0 Å². The van der Waals surface area contributed by atoms with E-state index in [-0.39, 0.29) is 5.91 Å². The van der Waals surface area contributed by atoms with Crippen molar-refractivity contribution in [3.63, 3.8) is 0 Å². The number of hydrogen-bond acceptors (Lipinski definition) is 9. The Bertz CT molecular complexity index is 1030. The average molecular weight is 463 g/mol. The molecular weight excluding hydrogens is 440 g/mol. The van der Waals surface area contributed by atoms with E-state index < -0.39 is 0 Å². The van der Waals surface area contributed by atoms with E-state index in [0.717, 1.165) is 33.4 Å². The number of thiazole rings is 1. The number of benzene rings is 1. The summed E-state index contributed by atoms with van der Waals surface area (Å²) in [4.78, 5) is 18.8. The van der Waals surface area contributed by atoms with Crippen LogP contribution in [0.3, 0.4) is 0 Å². The number of amides is 1. The molecule has 0 unspecified atom stereocenters. The van der Waals surface area contributed by atoms with Crippen molar-refractivity contribution in [2.24, 2.45) is 0 Å². The molecule has 1 aliphatic carbocycles. The average Bonchev–Trinajstić information content (AvgIpc) is 3.30. The SMILES string of the molecule is CCC(=O)N(c1nnc(SCc2csc(-c3ccc(OC)c(OC)c3)n2)s1)C1CC1. The first-order chi connectivity index (χ1) is 14.6. The molecule has 7 nitrogen and oxygen atoms in total. The number of rotatable bonds is 9. The standard InChI is InChI=1S/C20H22N4O3S3/c1-4-17(25)24(14-6-7-14)19-22-23-20(30-19)29-11-13-10-28-18(21-13)12-5-8-15(26-2)16(9-12)27-3/h5,8-10,14H,4,6-7,11H2,1-3H3. The number of carbonyl (C=O) groups excluding carboxylic acids is 1. The Morgan fingerprint density at radius 2 is 2.03 bits per heavy atom. The number of thioether (sulfide) groups is 1. The van der Waals surface area contributed by atoms with E-state index >= 15 is 0 Å². The van der Waals surface area contributed by atoms with Crippen LogP contribution in [0, 0.1) is 0 Å². The maximum Gasteiger partial charge on any atom is 0.228 e. The number of anilines is 1. The van der Waals surface area contributed by atoms with Gasteiger partial charge in [-0.15, -0.1) is 21.5 Å². The van der Waals surface area contributed by atoms with Gasteiger partial charge < -0.3 is 9.47 Å². The lowest BCUT2D eigenvalue weighted by Gasteiger charge is -2.17. The van der Waals surface area contributed by atoms with Crippen molar-refractivity contribution in [1.29, 1.82) is 0 Å². The molecule has 1 aromatic carbocycles. The third kappa shape index (κ3) is 4.60. The first-order valence-corrected chi connectivity index (χ1v) is 12.3. The second-order valence-corrected chi connectivity index (χ2v) is 9.74. The predicted molar refractivity (Wildman–Crippen MR) is 121 cm³/mol. The quantitative estimate of drug-likeness (QED) is 0.331. The zero-order valence-electron chi connectivity index (χ0n) is 17.0. The van der Waals surface area contributed by atoms with Crippen LogP contribution in [-0.2, 0) is 10.5 Å². The van der Waals surface area contributed by atoms with Crippen LogP contribution in [0.15, 0.2) is 27.9 Å². The van der Waals surface area contributed by atoms with Crippen LogP contribution in [0.1, 0.15) is 31.9 Å². The summed E-state index contributed by atoms with van der Waals surface area (Å²) in [6.45, 7) is 1.88. The second kappa shape index (κ2) is 9.32. The minimum atomic E-state index is 0.115. The summed E-state index contributed by atoms with van der Waals surface area (Å²) in [7, 11) is 3.25. The Morgan fingerprint density at radius 1 is 1.23 bits per heavy atom. The maximum atomic E-state index is 12.2. The summed E-state index contributed by atoms with van der Waals surface area (Å²) in [6.07, 6.45) is 2.58. The lowest BCUT2D eigenvalue weighted by atomic mass is 10.2. The Kier molecular flexibility index (Phi) is 6.55. The van der Waals surface area contributed by atoms with Gasteiger partial charge in [-0.1, -0.05) is 30.0 Å². The summed E-state index contributed by atoms with van der Waals surface area (Å²) in [5, 5.41) is 12.2. The summed E-state index contributed by atoms with van der Waals surface area (Å²) in [6, 6.07) is 6.09. The molecule has 0 N–H and O–H groups in total. The van der Waals surface area contributed by atoms with E-state index in [9.17, 15) is 4.79 Å². The van der Waals surface area contributed by atoms with Crippen LogP contribution >= 0.6 is 34.4 Å². The van der Waals surface area contributed by atoms with Gasteiger partial charge >= 0.3 is 0 Å². The molecule has 0 aliphatic heterocycles. The van der Waals surface area contributed by atoms with Crippen LogP contribution in [0.2, 0.25) is 0 Å². The van der Waals surface area contributed by atoms with E-state index in [1.807, 2.05) is 30.0 Å². The molecule has 1 fully saturated rings. The van der Waals surface area contributed by atoms with Crippen molar-refractivity contribution in [2.45, 2.75) is 42.3 Å². The summed E-state index contributed by atoms with van der Waals surface area (Å²) < 4.78 is 11.5. The fourth-order valence-corrected chi connectivity index (χ4v) is 5.68. The van der Waals surface area contributed by atoms with Gasteiger partial charge in [0.2, 0.25) is 11.0 Å². The number of aromatic nitrogens is 3. The molecule has 2 aromatic heterocycles. The molecule has 4 rings (SSSR count). The third-order valence-electron chi connectivity index (χ3n) is 4.61. The van der Waals surface area contributed by atoms with Crippen LogP contribution < -0.4 is 14.4 Å². The normalized spacial score (nSPS) is 13.3. The highest BCUT2D eigenvalue weighted by atomic mass is 32.2. The highest BCUT2D eigenvalue weighted by Gasteiger charge is 2.35. The molecule has 0 bridgehead atoms. The van der Waals surface area contributed by atoms with Crippen LogP contribution in [-0.4, -0.2) is 41.3 Å². The summed E-state index contributed by atoms with van der Waals surface area (Å²) in [5.74, 6) is 2.19. The first-order valence-electron chi connectivity index (χ1n) is 9.58. The van der Waals surface area contributed by atoms with Crippen molar-refractivity contribution in [3.8, 4) is 22.1 Å². The molecule has 10 heteroatoms. The first kappa shape index (κ1) is 21.1. The molecule has 30 heavy (non-hydrogen) atoms. The molecule has 3 aromatic rings. The van der Waals surface area contributed by atoms with Crippen molar-refractivity contribution in [1.82, 2.24) is 15.2 Å². The molecule has 158 valence electrons. The lowest BCUT2D eigenvalue weighted by molar-refractivity contribution is -0.118. The van der Waals surface area contributed by atoms with E-state index in [4.69, 9.17) is 14.5 Å². The van der Waals surface area contributed by atoms with E-state index in [0.29, 0.717) is 34.8 Å². The molecule has 1 aliphatic rings. The number of carbonyl (C=O) groups is 1. The second-order valence-electron chi connectivity index (χ2n) is 6.70. The topological polar surface area (TPSA) is 77.4 Å². The molecule has 0 saturated heterocycles. The Labute approximate surface area is 187 Å². The van der Waals surface area contributed by atoms with Crippen molar-refractivity contribution < 1.29 is 14.3 Å². The molecule has 0 radical (unpaired) electrons. The summed E-state index contributed by atoms with van der Waals surface area (Å²) >= 11 is 4.66. The van der Waals surface area contributed by atoms with E-state index in [2.05, 4.69) is 15.6 Å². The van der Waals surface area contributed by atoms with Gasteiger partial charge in [-0.2, -0.15) is 0 Å². The fourth-order valence-electron chi connectivity index (χ4n) is 2.94. The van der Waals surface area contributed by atoms with Crippen LogP contribution in [0.25, 0.3) is 10.6 Å². The number of hydrogen-bond donors (Lipinski definition) is 0. The highest BCUT2D eigenvalue weighted by molar-refractivity contribution is 8.00. The fraction of sp³-hybridized carbons (Fsp3) is 0.400. The van der Waals surface area contributed by atoms with Gasteiger partial charge in [0, 0.05) is 29.2 Å². The predicted octanol–water partition coefficient (Wildman–Crippen LogP) is 4.88. The number of methoxy groups -OCH3 is 2. The van der Waals surface area contributed by atoms with Gasteiger partial charge in [-0.25, -0.2) is 4.98 Å². The van der Waals surface area contributed by atoms with Gasteiger partial charge in [0.1, 0.15) is 5.01 Å². The van der Waals surface area contributed by atoms with Gasteiger partial charge in [0.05, 0.1) is 19.9 Å². The van der Waals surface area contributed by atoms with Gasteiger partial charge in [-0.3, -0.25) is 9.69 Å². The minimum Gasteiger partial charge on any atom is -0.493 e. The molecule has 2 heterocycles. The highest BCUT2D eigenvalue weighted by Crippen LogP contribution is 2.38. The third-order valence-corrected chi connectivity index (χ3v) is 7.64. The minimum absolute atomic E-state index is 0.115. The Hall–Kier alpha value is -2.17. The lowest BCUT2D eigenvalue weighted by Crippen LogP contribution is -2.32. The molecule has 1 amide bonds. The molecule has 0 spiro atoms. The smallest absolute Gasteiger partial charge is 0.228 e. The molecular formula is C20H22N4O3S3. The van der Waals surface area contributed by atoms with E-state index in [1.54, 1.807) is 37.3 Å². The Morgan fingerprint density at radius 3 is 2.73 bits per heavy atom. The monoisotopic (exact) mass is 462 g/mol. The summed E-state index contributed by atoms with van der Waals surface area (Å²) in [5.41, 5.74) is 1.97.